The van der Waals surface area contributed by atoms with Gasteiger partial charge in [-0.05, 0) is 44.2 Å². The number of nitrogens with zero attached hydrogens (tertiary/aromatic N) is 1. The number of esters is 1. The fourth-order valence-corrected chi connectivity index (χ4v) is 3.76. The smallest absolute Gasteiger partial charge is 0.339 e. The number of fused-ring (bicyclic) bond motifs is 1. The average molecular weight is 383 g/mol. The van der Waals surface area contributed by atoms with Crippen LogP contribution in [0.4, 0.5) is 0 Å². The van der Waals surface area contributed by atoms with Crippen molar-refractivity contribution in [3.8, 4) is 0 Å². The number of carbonyl (C=O) groups is 2. The number of ether oxygens (including phenoxy) is 1. The topological polar surface area (TPSA) is 68.3 Å². The van der Waals surface area contributed by atoms with Crippen molar-refractivity contribution in [1.82, 2.24) is 10.3 Å². The van der Waals surface area contributed by atoms with E-state index in [0.717, 1.165) is 48.7 Å². The number of amides is 1. The third-order valence-electron chi connectivity index (χ3n) is 5.21. The summed E-state index contributed by atoms with van der Waals surface area (Å²) in [7, 11) is 0. The predicted molar refractivity (Wildman–Crippen MR) is 110 cm³/mol. The molecule has 1 N–H and O–H groups in total. The molecule has 1 aliphatic carbocycles. The Bertz CT molecular complexity index is 841. The molecule has 3 rings (SSSR count). The molecule has 1 atom stereocenters. The van der Waals surface area contributed by atoms with Crippen LogP contribution in [0.2, 0.25) is 0 Å². The van der Waals surface area contributed by atoms with Gasteiger partial charge in [0.1, 0.15) is 0 Å². The lowest BCUT2D eigenvalue weighted by molar-refractivity contribution is -0.130. The quantitative estimate of drug-likeness (QED) is 0.751. The van der Waals surface area contributed by atoms with Crippen molar-refractivity contribution in [2.24, 2.45) is 5.92 Å². The van der Waals surface area contributed by atoms with Crippen LogP contribution in [0.5, 0.6) is 0 Å². The van der Waals surface area contributed by atoms with Crippen LogP contribution in [0, 0.1) is 5.92 Å². The van der Waals surface area contributed by atoms with E-state index in [1.54, 1.807) is 13.0 Å². The number of aromatic nitrogens is 1. The van der Waals surface area contributed by atoms with Crippen molar-refractivity contribution in [2.45, 2.75) is 71.4 Å². The predicted octanol–water partition coefficient (Wildman–Crippen LogP) is 4.43. The Morgan fingerprint density at radius 3 is 2.57 bits per heavy atom. The summed E-state index contributed by atoms with van der Waals surface area (Å²) in [6.45, 7) is 5.87. The molecular formula is C23H30N2O3. The highest BCUT2D eigenvalue weighted by Gasteiger charge is 2.24. The number of hydrogen-bond acceptors (Lipinski definition) is 4. The molecule has 1 aliphatic rings. The highest BCUT2D eigenvalue weighted by atomic mass is 16.5. The Balaban J connectivity index is 1.75. The van der Waals surface area contributed by atoms with Crippen LogP contribution in [0.3, 0.4) is 0 Å². The zero-order valence-corrected chi connectivity index (χ0v) is 17.0. The number of nitrogens with one attached hydrogen (secondary N) is 1. The largest absolute Gasteiger partial charge is 0.449 e. The molecule has 1 unspecified atom stereocenters. The van der Waals surface area contributed by atoms with E-state index in [1.165, 1.54) is 6.42 Å². The van der Waals surface area contributed by atoms with Crippen molar-refractivity contribution < 1.29 is 14.3 Å². The Morgan fingerprint density at radius 1 is 1.14 bits per heavy atom. The van der Waals surface area contributed by atoms with Crippen LogP contribution >= 0.6 is 0 Å². The van der Waals surface area contributed by atoms with Crippen LogP contribution in [-0.4, -0.2) is 29.0 Å². The van der Waals surface area contributed by atoms with Crippen molar-refractivity contribution >= 4 is 22.8 Å². The molecule has 1 aromatic carbocycles. The van der Waals surface area contributed by atoms with E-state index in [9.17, 15) is 9.59 Å². The molecule has 1 amide bonds. The molecule has 1 heterocycles. The van der Waals surface area contributed by atoms with Gasteiger partial charge in [0.05, 0.1) is 11.1 Å². The van der Waals surface area contributed by atoms with Crippen LogP contribution in [0.1, 0.15) is 68.9 Å². The maximum Gasteiger partial charge on any atom is 0.339 e. The van der Waals surface area contributed by atoms with Gasteiger partial charge in [0.2, 0.25) is 0 Å². The number of para-hydroxylation sites is 1. The maximum absolute atomic E-state index is 12.9. The standard InChI is InChI=1S/C23H30N2O3/c1-15(2)13-18-14-20(19-11-7-8-12-21(19)24-18)23(27)28-16(3)22(26)25-17-9-5-4-6-10-17/h7-8,11-12,14-17H,4-6,9-10,13H2,1-3H3,(H,25,26). The van der Waals surface area contributed by atoms with Gasteiger partial charge in [-0.15, -0.1) is 0 Å². The van der Waals surface area contributed by atoms with E-state index >= 15 is 0 Å². The first-order valence-electron chi connectivity index (χ1n) is 10.3. The second-order valence-corrected chi connectivity index (χ2v) is 8.17. The zero-order chi connectivity index (χ0) is 20.1. The lowest BCUT2D eigenvalue weighted by atomic mass is 9.95. The molecule has 5 heteroatoms. The second-order valence-electron chi connectivity index (χ2n) is 8.17. The van der Waals surface area contributed by atoms with Gasteiger partial charge in [0, 0.05) is 17.1 Å². The van der Waals surface area contributed by atoms with Gasteiger partial charge in [-0.1, -0.05) is 51.3 Å². The van der Waals surface area contributed by atoms with Gasteiger partial charge >= 0.3 is 5.97 Å². The number of benzene rings is 1. The van der Waals surface area contributed by atoms with Crippen LogP contribution in [0.25, 0.3) is 10.9 Å². The molecule has 0 spiro atoms. The van der Waals surface area contributed by atoms with Gasteiger partial charge in [0.25, 0.3) is 5.91 Å². The minimum absolute atomic E-state index is 0.196. The van der Waals surface area contributed by atoms with Crippen molar-refractivity contribution in [2.75, 3.05) is 0 Å². The maximum atomic E-state index is 12.9. The van der Waals surface area contributed by atoms with Crippen molar-refractivity contribution in [3.63, 3.8) is 0 Å². The highest BCUT2D eigenvalue weighted by molar-refractivity contribution is 6.04. The minimum Gasteiger partial charge on any atom is -0.449 e. The lowest BCUT2D eigenvalue weighted by Gasteiger charge is -2.24. The van der Waals surface area contributed by atoms with E-state index in [4.69, 9.17) is 4.74 Å². The van der Waals surface area contributed by atoms with Crippen LogP contribution in [0.15, 0.2) is 30.3 Å². The molecule has 2 aromatic rings. The second kappa shape index (κ2) is 9.18. The fourth-order valence-electron chi connectivity index (χ4n) is 3.76. The molecule has 1 fully saturated rings. The molecule has 5 nitrogen and oxygen atoms in total. The molecule has 1 saturated carbocycles. The summed E-state index contributed by atoms with van der Waals surface area (Å²) in [6, 6.07) is 9.55. The molecule has 0 saturated heterocycles. The Labute approximate surface area is 166 Å². The normalized spacial score (nSPS) is 16.1. The van der Waals surface area contributed by atoms with Gasteiger partial charge in [-0.2, -0.15) is 0 Å². The minimum atomic E-state index is -0.824. The summed E-state index contributed by atoms with van der Waals surface area (Å²) in [4.78, 5) is 30.0. The van der Waals surface area contributed by atoms with E-state index in [0.29, 0.717) is 11.5 Å². The molecular weight excluding hydrogens is 352 g/mol. The summed E-state index contributed by atoms with van der Waals surface area (Å²) in [5.41, 5.74) is 2.10. The first kappa shape index (κ1) is 20.3. The molecule has 0 bridgehead atoms. The van der Waals surface area contributed by atoms with E-state index in [2.05, 4.69) is 24.1 Å². The monoisotopic (exact) mass is 382 g/mol. The lowest BCUT2D eigenvalue weighted by Crippen LogP contribution is -2.42. The summed E-state index contributed by atoms with van der Waals surface area (Å²) in [5, 5.41) is 3.77. The fraction of sp³-hybridized carbons (Fsp3) is 0.522. The molecule has 0 radical (unpaired) electrons. The zero-order valence-electron chi connectivity index (χ0n) is 17.0. The number of hydrogen-bond donors (Lipinski definition) is 1. The summed E-state index contributed by atoms with van der Waals surface area (Å²) in [6.07, 6.45) is 5.46. The third-order valence-corrected chi connectivity index (χ3v) is 5.21. The first-order valence-corrected chi connectivity index (χ1v) is 10.3. The van der Waals surface area contributed by atoms with E-state index < -0.39 is 12.1 Å². The summed E-state index contributed by atoms with van der Waals surface area (Å²) < 4.78 is 5.53. The van der Waals surface area contributed by atoms with Crippen molar-refractivity contribution in [1.29, 1.82) is 0 Å². The molecule has 28 heavy (non-hydrogen) atoms. The molecule has 0 aliphatic heterocycles. The molecule has 1 aromatic heterocycles. The average Bonchev–Trinajstić information content (AvgIpc) is 2.67. The van der Waals surface area contributed by atoms with Crippen LogP contribution in [-0.2, 0) is 16.0 Å². The highest BCUT2D eigenvalue weighted by Crippen LogP contribution is 2.22. The number of carbonyl (C=O) groups excluding carboxylic acids is 2. The van der Waals surface area contributed by atoms with Crippen LogP contribution < -0.4 is 5.32 Å². The number of rotatable bonds is 6. The Kier molecular flexibility index (Phi) is 6.65. The first-order chi connectivity index (χ1) is 13.4. The Hall–Kier alpha value is -2.43. The van der Waals surface area contributed by atoms with Gasteiger partial charge in [0.15, 0.2) is 6.10 Å². The number of pyridine rings is 1. The van der Waals surface area contributed by atoms with Gasteiger partial charge in [-0.3, -0.25) is 9.78 Å². The summed E-state index contributed by atoms with van der Waals surface area (Å²) in [5.74, 6) is -0.270. The molecule has 150 valence electrons. The van der Waals surface area contributed by atoms with E-state index in [1.807, 2.05) is 24.3 Å². The Morgan fingerprint density at radius 2 is 1.86 bits per heavy atom. The third kappa shape index (κ3) is 5.09. The SMILES string of the molecule is CC(C)Cc1cc(C(=O)OC(C)C(=O)NC2CCCCC2)c2ccccc2n1. The summed E-state index contributed by atoms with van der Waals surface area (Å²) >= 11 is 0. The van der Waals surface area contributed by atoms with Gasteiger partial charge < -0.3 is 10.1 Å². The van der Waals surface area contributed by atoms with E-state index in [-0.39, 0.29) is 11.9 Å². The van der Waals surface area contributed by atoms with Gasteiger partial charge in [-0.25, -0.2) is 4.79 Å². The van der Waals surface area contributed by atoms with Crippen molar-refractivity contribution in [3.05, 3.63) is 41.6 Å².